The minimum absolute atomic E-state index is 1.14. The van der Waals surface area contributed by atoms with Gasteiger partial charge in [-0.3, -0.25) is 9.59 Å². The molecular formula is C6H8O7. The molecule has 0 heterocycles. The van der Waals surface area contributed by atoms with E-state index in [1.165, 1.54) is 0 Å². The van der Waals surface area contributed by atoms with Crippen molar-refractivity contribution in [2.45, 2.75) is 18.4 Å². The van der Waals surface area contributed by atoms with E-state index in [0.717, 1.165) is 0 Å². The van der Waals surface area contributed by atoms with Crippen molar-refractivity contribution in [1.82, 2.24) is 0 Å². The van der Waals surface area contributed by atoms with Crippen LogP contribution in [0.25, 0.3) is 0 Å². The van der Waals surface area contributed by atoms with Crippen molar-refractivity contribution in [1.29, 1.82) is 0 Å². The molecule has 0 aromatic carbocycles. The van der Waals surface area contributed by atoms with Gasteiger partial charge in [-0.2, -0.15) is 0 Å². The number of aliphatic hydroxyl groups is 1. The highest BCUT2D eigenvalue weighted by Gasteiger charge is 2.40. The lowest BCUT2D eigenvalue weighted by Gasteiger charge is -2.18. The molecule has 0 amide bonds. The summed E-state index contributed by atoms with van der Waals surface area (Å²) in [6.45, 7) is 0. The first-order valence-corrected chi connectivity index (χ1v) is 3.17. The second kappa shape index (κ2) is 3.85. The van der Waals surface area contributed by atoms with Crippen LogP contribution in [0.4, 0.5) is 0 Å². The van der Waals surface area contributed by atoms with Crippen molar-refractivity contribution < 1.29 is 34.8 Å². The lowest BCUT2D eigenvalue weighted by atomic mass is 10.0. The van der Waals surface area contributed by atoms with E-state index in [1.54, 1.807) is 0 Å². The number of carbonyl (C=O) groups is 3. The van der Waals surface area contributed by atoms with Gasteiger partial charge in [0.15, 0.2) is 5.60 Å². The smallest absolute Gasteiger partial charge is 0.336 e. The van der Waals surface area contributed by atoms with Gasteiger partial charge in [0, 0.05) is 0 Å². The average Bonchev–Trinajstić information content (AvgIpc) is 1.82. The molecule has 0 radical (unpaired) electrons. The van der Waals surface area contributed by atoms with Gasteiger partial charge < -0.3 is 20.4 Å². The number of aliphatic carboxylic acids is 3. The van der Waals surface area contributed by atoms with Crippen molar-refractivity contribution in [3.05, 3.63) is 0 Å². The van der Waals surface area contributed by atoms with Gasteiger partial charge in [0.05, 0.1) is 12.8 Å². The third-order valence-corrected chi connectivity index (χ3v) is 1.29. The maximum atomic E-state index is 10.3. The summed E-state index contributed by atoms with van der Waals surface area (Å²) >= 11 is 0. The highest BCUT2D eigenvalue weighted by Crippen LogP contribution is 2.15. The van der Waals surface area contributed by atoms with Crippen LogP contribution < -0.4 is 0 Å². The largest absolute Gasteiger partial charge is 0.481 e. The van der Waals surface area contributed by atoms with Gasteiger partial charge in [-0.1, -0.05) is 0 Å². The Kier molecular flexibility index (Phi) is 3.37. The summed E-state index contributed by atoms with van der Waals surface area (Å²) in [5.74, 6) is -5.02. The van der Waals surface area contributed by atoms with Crippen molar-refractivity contribution >= 4 is 17.9 Å². The molecule has 74 valence electrons. The fraction of sp³-hybridized carbons (Fsp3) is 0.500. The van der Waals surface area contributed by atoms with Crippen LogP contribution >= 0.6 is 0 Å². The third kappa shape index (κ3) is 3.52. The molecule has 0 fully saturated rings. The van der Waals surface area contributed by atoms with E-state index in [2.05, 4.69) is 0 Å². The van der Waals surface area contributed by atoms with Crippen molar-refractivity contribution in [2.75, 3.05) is 0 Å². The Hall–Kier alpha value is -1.63. The van der Waals surface area contributed by atoms with Crippen LogP contribution in [0.5, 0.6) is 0 Å². The van der Waals surface area contributed by atoms with Gasteiger partial charge in [0.2, 0.25) is 0 Å². The van der Waals surface area contributed by atoms with Gasteiger partial charge in [-0.25, -0.2) is 4.79 Å². The molecular weight excluding hydrogens is 185 g/mol. The molecule has 0 aromatic rings. The molecule has 13 heavy (non-hydrogen) atoms. The van der Waals surface area contributed by atoms with Crippen LogP contribution in [0.2, 0.25) is 0 Å². The molecule has 0 aromatic heterocycles. The molecule has 0 bridgehead atoms. The Morgan fingerprint density at radius 1 is 0.923 bits per heavy atom. The molecule has 0 spiro atoms. The lowest BCUT2D eigenvalue weighted by Crippen LogP contribution is -2.42. The second-order valence-corrected chi connectivity index (χ2v) is 2.48. The highest BCUT2D eigenvalue weighted by atomic mass is 16.5. The van der Waals surface area contributed by atoms with Crippen molar-refractivity contribution in [3.63, 3.8) is 0 Å². The topological polar surface area (TPSA) is 132 Å². The fourth-order valence-electron chi connectivity index (χ4n) is 0.714. The number of rotatable bonds is 5. The second-order valence-electron chi connectivity index (χ2n) is 2.48. The standard InChI is InChI=1S/C6H8O7/c7-3(8)1-6(13,5(11)12)2-4(9)10/h13H,1-2H2,(H,7,8)(H,9,10)(H,11,12)/i5+1. The van der Waals surface area contributed by atoms with Crippen LogP contribution in [-0.4, -0.2) is 43.9 Å². The quantitative estimate of drug-likeness (QED) is 0.401. The van der Waals surface area contributed by atoms with E-state index in [4.69, 9.17) is 20.4 Å². The molecule has 0 rings (SSSR count). The fourth-order valence-corrected chi connectivity index (χ4v) is 0.714. The van der Waals surface area contributed by atoms with Gasteiger partial charge in [-0.15, -0.1) is 0 Å². The predicted molar refractivity (Wildman–Crippen MR) is 37.1 cm³/mol. The Labute approximate surface area is 72.2 Å². The molecule has 0 saturated heterocycles. The minimum atomic E-state index is -2.74. The van der Waals surface area contributed by atoms with Gasteiger partial charge in [0.25, 0.3) is 0 Å². The Morgan fingerprint density at radius 3 is 1.38 bits per heavy atom. The molecule has 0 saturated carbocycles. The highest BCUT2D eigenvalue weighted by molar-refractivity contribution is 5.88. The molecule has 0 aliphatic heterocycles. The molecule has 7 heteroatoms. The Bertz CT molecular complexity index is 227. The number of hydrogen-bond acceptors (Lipinski definition) is 4. The monoisotopic (exact) mass is 193 g/mol. The van der Waals surface area contributed by atoms with E-state index in [0.29, 0.717) is 0 Å². The van der Waals surface area contributed by atoms with E-state index >= 15 is 0 Å². The van der Waals surface area contributed by atoms with E-state index in [9.17, 15) is 14.4 Å². The Morgan fingerprint density at radius 2 is 1.23 bits per heavy atom. The van der Waals surface area contributed by atoms with Crippen LogP contribution in [0.3, 0.4) is 0 Å². The van der Waals surface area contributed by atoms with Crippen molar-refractivity contribution in [2.24, 2.45) is 0 Å². The number of hydrogen-bond donors (Lipinski definition) is 4. The van der Waals surface area contributed by atoms with Crippen LogP contribution in [0.15, 0.2) is 0 Å². The van der Waals surface area contributed by atoms with E-state index < -0.39 is 36.4 Å². The maximum absolute atomic E-state index is 10.3. The first-order valence-electron chi connectivity index (χ1n) is 3.17. The molecule has 0 atom stereocenters. The minimum Gasteiger partial charge on any atom is -0.481 e. The summed E-state index contributed by atoms with van der Waals surface area (Å²) in [6, 6.07) is 0. The zero-order chi connectivity index (χ0) is 10.6. The number of carboxylic acid groups (broad SMARTS) is 3. The predicted octanol–water partition coefficient (Wildman–Crippen LogP) is -1.25. The summed E-state index contributed by atoms with van der Waals surface area (Å²) in [4.78, 5) is 30.5. The molecule has 0 unspecified atom stereocenters. The van der Waals surface area contributed by atoms with Crippen LogP contribution in [-0.2, 0) is 14.4 Å². The zero-order valence-corrected chi connectivity index (χ0v) is 6.43. The maximum Gasteiger partial charge on any atom is 0.336 e. The summed E-state index contributed by atoms with van der Waals surface area (Å²) in [7, 11) is 0. The van der Waals surface area contributed by atoms with Gasteiger partial charge in [-0.05, 0) is 0 Å². The van der Waals surface area contributed by atoms with Gasteiger partial charge in [0.1, 0.15) is 0 Å². The van der Waals surface area contributed by atoms with Crippen LogP contribution in [0, 0.1) is 0 Å². The normalized spacial score (nSPS) is 10.8. The van der Waals surface area contributed by atoms with Crippen molar-refractivity contribution in [3.8, 4) is 0 Å². The first kappa shape index (κ1) is 11.4. The SMILES string of the molecule is O=C(O)CC(O)(CC(=O)O)[13C](=O)O. The summed E-state index contributed by atoms with van der Waals surface area (Å²) in [5.41, 5.74) is -2.74. The average molecular weight is 193 g/mol. The molecule has 7 nitrogen and oxygen atoms in total. The first-order chi connectivity index (χ1) is 5.78. The molecule has 0 aliphatic carbocycles. The lowest BCUT2D eigenvalue weighted by molar-refractivity contribution is -0.170. The molecule has 4 N–H and O–H groups in total. The van der Waals surface area contributed by atoms with E-state index in [-0.39, 0.29) is 0 Å². The molecule has 0 aliphatic rings. The number of carboxylic acids is 3. The van der Waals surface area contributed by atoms with Crippen LogP contribution in [0.1, 0.15) is 12.8 Å². The van der Waals surface area contributed by atoms with E-state index in [1.807, 2.05) is 0 Å². The van der Waals surface area contributed by atoms with Gasteiger partial charge >= 0.3 is 17.9 Å². The summed E-state index contributed by atoms with van der Waals surface area (Å²) < 4.78 is 0. The third-order valence-electron chi connectivity index (χ3n) is 1.29. The zero-order valence-electron chi connectivity index (χ0n) is 6.43. The summed E-state index contributed by atoms with van der Waals surface area (Å²) in [6.07, 6.45) is -2.29. The Balaban J connectivity index is 4.62. The summed E-state index contributed by atoms with van der Waals surface area (Å²) in [5, 5.41) is 33.8.